The van der Waals surface area contributed by atoms with Gasteiger partial charge < -0.3 is 4.48 Å². The van der Waals surface area contributed by atoms with E-state index >= 15 is 0 Å². The maximum atomic E-state index is 6.44. The molecule has 0 amide bonds. The third-order valence-electron chi connectivity index (χ3n) is 5.54. The van der Waals surface area contributed by atoms with Crippen molar-refractivity contribution in [3.05, 3.63) is 94.5 Å². The van der Waals surface area contributed by atoms with E-state index in [0.717, 1.165) is 15.9 Å². The number of halogens is 1. The molecule has 4 rings (SSSR count). The van der Waals surface area contributed by atoms with E-state index in [1.807, 2.05) is 6.07 Å². The fraction of sp³-hybridized carbons (Fsp3) is 0.217. The predicted molar refractivity (Wildman–Crippen MR) is 106 cm³/mol. The van der Waals surface area contributed by atoms with Gasteiger partial charge >= 0.3 is 0 Å². The van der Waals surface area contributed by atoms with E-state index in [0.29, 0.717) is 0 Å². The van der Waals surface area contributed by atoms with Gasteiger partial charge in [0.1, 0.15) is 0 Å². The molecule has 0 spiro atoms. The molecule has 0 heterocycles. The lowest BCUT2D eigenvalue weighted by Gasteiger charge is -2.45. The first-order chi connectivity index (χ1) is 11.9. The molecule has 1 atom stereocenters. The molecular formula is C23H23ClN+. The lowest BCUT2D eigenvalue weighted by Crippen LogP contribution is -2.55. The zero-order valence-corrected chi connectivity index (χ0v) is 15.7. The topological polar surface area (TPSA) is 0 Å². The molecule has 0 fully saturated rings. The van der Waals surface area contributed by atoms with Gasteiger partial charge in [0.25, 0.3) is 0 Å². The lowest BCUT2D eigenvalue weighted by molar-refractivity contribution is -0.924. The molecule has 0 radical (unpaired) electrons. The minimum absolute atomic E-state index is 0.155. The summed E-state index contributed by atoms with van der Waals surface area (Å²) >= 11 is 6.44. The van der Waals surface area contributed by atoms with Crippen LogP contribution in [0.4, 0.5) is 0 Å². The van der Waals surface area contributed by atoms with Crippen LogP contribution in [0.1, 0.15) is 16.7 Å². The Labute approximate surface area is 155 Å². The molecule has 0 saturated carbocycles. The highest BCUT2D eigenvalue weighted by molar-refractivity contribution is 6.30. The van der Waals surface area contributed by atoms with Crippen molar-refractivity contribution in [1.29, 1.82) is 0 Å². The second-order valence-corrected chi connectivity index (χ2v) is 8.21. The zero-order chi connectivity index (χ0) is 17.7. The summed E-state index contributed by atoms with van der Waals surface area (Å²) < 4.78 is 0.812. The summed E-state index contributed by atoms with van der Waals surface area (Å²) in [7, 11) is 6.86. The summed E-state index contributed by atoms with van der Waals surface area (Å²) in [5, 5.41) is 0.803. The van der Waals surface area contributed by atoms with Gasteiger partial charge in [-0.25, -0.2) is 0 Å². The molecule has 3 aromatic carbocycles. The fourth-order valence-electron chi connectivity index (χ4n) is 4.36. The number of hydrogen-bond acceptors (Lipinski definition) is 0. The average Bonchev–Trinajstić information content (AvgIpc) is 2.86. The Morgan fingerprint density at radius 1 is 0.760 bits per heavy atom. The van der Waals surface area contributed by atoms with E-state index in [1.165, 1.54) is 27.8 Å². The van der Waals surface area contributed by atoms with Crippen LogP contribution < -0.4 is 0 Å². The molecule has 25 heavy (non-hydrogen) atoms. The maximum Gasteiger partial charge on any atom is 0.155 e. The number of rotatable bonds is 3. The standard InChI is InChI=1S/C23H23ClN/c1-25(2,3)23(16-17-9-5-4-6-10-17)21-12-8-7-11-19(21)20-14-13-18(24)15-22(20)23/h4-15H,16H2,1-3H3/q+1. The van der Waals surface area contributed by atoms with E-state index in [-0.39, 0.29) is 5.54 Å². The first kappa shape index (κ1) is 16.4. The molecule has 0 N–H and O–H groups in total. The van der Waals surface area contributed by atoms with Gasteiger partial charge in [0, 0.05) is 22.6 Å². The summed E-state index contributed by atoms with van der Waals surface area (Å²) in [5.74, 6) is 0. The van der Waals surface area contributed by atoms with Crippen LogP contribution >= 0.6 is 11.6 Å². The molecule has 1 aliphatic carbocycles. The Kier molecular flexibility index (Phi) is 3.75. The second kappa shape index (κ2) is 5.72. The van der Waals surface area contributed by atoms with Gasteiger partial charge in [-0.1, -0.05) is 72.3 Å². The SMILES string of the molecule is C[N+](C)(C)C1(Cc2ccccc2)c2ccccc2-c2ccc(Cl)cc21. The first-order valence-corrected chi connectivity index (χ1v) is 9.07. The molecule has 0 aromatic heterocycles. The highest BCUT2D eigenvalue weighted by atomic mass is 35.5. The van der Waals surface area contributed by atoms with Crippen LogP contribution in [0.15, 0.2) is 72.8 Å². The third-order valence-corrected chi connectivity index (χ3v) is 5.77. The van der Waals surface area contributed by atoms with Gasteiger partial charge in [-0.2, -0.15) is 0 Å². The molecule has 0 bridgehead atoms. The van der Waals surface area contributed by atoms with E-state index in [9.17, 15) is 0 Å². The number of hydrogen-bond donors (Lipinski definition) is 0. The van der Waals surface area contributed by atoms with Gasteiger partial charge in [0.2, 0.25) is 0 Å². The minimum atomic E-state index is -0.155. The summed E-state index contributed by atoms with van der Waals surface area (Å²) in [6, 6.07) is 25.9. The molecule has 126 valence electrons. The van der Waals surface area contributed by atoms with Gasteiger partial charge in [-0.3, -0.25) is 0 Å². The van der Waals surface area contributed by atoms with Crippen molar-refractivity contribution in [3.8, 4) is 11.1 Å². The summed E-state index contributed by atoms with van der Waals surface area (Å²) in [5.41, 5.74) is 6.56. The first-order valence-electron chi connectivity index (χ1n) is 8.69. The quantitative estimate of drug-likeness (QED) is 0.547. The van der Waals surface area contributed by atoms with Crippen LogP contribution in [0.25, 0.3) is 11.1 Å². The number of nitrogens with zero attached hydrogens (tertiary/aromatic N) is 1. The number of benzene rings is 3. The molecule has 0 aliphatic heterocycles. The minimum Gasteiger partial charge on any atom is -0.318 e. The molecular weight excluding hydrogens is 326 g/mol. The fourth-order valence-corrected chi connectivity index (χ4v) is 4.53. The molecule has 1 unspecified atom stereocenters. The van der Waals surface area contributed by atoms with Crippen molar-refractivity contribution >= 4 is 11.6 Å². The predicted octanol–water partition coefficient (Wildman–Crippen LogP) is 5.51. The van der Waals surface area contributed by atoms with Gasteiger partial charge in [0.05, 0.1) is 21.1 Å². The van der Waals surface area contributed by atoms with Gasteiger partial charge in [-0.15, -0.1) is 0 Å². The van der Waals surface area contributed by atoms with Crippen molar-refractivity contribution in [1.82, 2.24) is 0 Å². The number of quaternary nitrogens is 1. The van der Waals surface area contributed by atoms with Gasteiger partial charge in [-0.05, 0) is 28.8 Å². The third kappa shape index (κ3) is 2.42. The van der Waals surface area contributed by atoms with Crippen molar-refractivity contribution in [2.45, 2.75) is 12.0 Å². The monoisotopic (exact) mass is 348 g/mol. The van der Waals surface area contributed by atoms with Crippen molar-refractivity contribution < 1.29 is 4.48 Å². The Balaban J connectivity index is 2.05. The van der Waals surface area contributed by atoms with Crippen molar-refractivity contribution in [3.63, 3.8) is 0 Å². The summed E-state index contributed by atoms with van der Waals surface area (Å²) in [6.07, 6.45) is 0.946. The van der Waals surface area contributed by atoms with E-state index in [2.05, 4.69) is 87.9 Å². The largest absolute Gasteiger partial charge is 0.318 e. The van der Waals surface area contributed by atoms with Crippen LogP contribution in [0.2, 0.25) is 5.02 Å². The summed E-state index contributed by atoms with van der Waals surface area (Å²) in [6.45, 7) is 0. The Morgan fingerprint density at radius 2 is 1.40 bits per heavy atom. The van der Waals surface area contributed by atoms with Crippen molar-refractivity contribution in [2.24, 2.45) is 0 Å². The zero-order valence-electron chi connectivity index (χ0n) is 15.0. The van der Waals surface area contributed by atoms with E-state index in [4.69, 9.17) is 11.6 Å². The summed E-state index contributed by atoms with van der Waals surface area (Å²) in [4.78, 5) is 0. The highest BCUT2D eigenvalue weighted by Crippen LogP contribution is 2.54. The van der Waals surface area contributed by atoms with Gasteiger partial charge in [0.15, 0.2) is 5.54 Å². The van der Waals surface area contributed by atoms with Crippen LogP contribution in [-0.2, 0) is 12.0 Å². The molecule has 1 nitrogen and oxygen atoms in total. The van der Waals surface area contributed by atoms with Crippen LogP contribution in [0.5, 0.6) is 0 Å². The van der Waals surface area contributed by atoms with E-state index < -0.39 is 0 Å². The number of likely N-dealkylation sites (N-methyl/N-ethyl adjacent to an activating group) is 1. The maximum absolute atomic E-state index is 6.44. The lowest BCUT2D eigenvalue weighted by atomic mass is 9.79. The van der Waals surface area contributed by atoms with Crippen molar-refractivity contribution in [2.75, 3.05) is 21.1 Å². The smallest absolute Gasteiger partial charge is 0.155 e. The number of fused-ring (bicyclic) bond motifs is 3. The highest BCUT2D eigenvalue weighted by Gasteiger charge is 2.53. The van der Waals surface area contributed by atoms with Crippen LogP contribution in [0.3, 0.4) is 0 Å². The molecule has 1 aliphatic rings. The van der Waals surface area contributed by atoms with Crippen LogP contribution in [-0.4, -0.2) is 25.6 Å². The molecule has 2 heteroatoms. The average molecular weight is 349 g/mol. The van der Waals surface area contributed by atoms with E-state index in [1.54, 1.807) is 0 Å². The molecule has 0 saturated heterocycles. The van der Waals surface area contributed by atoms with Crippen LogP contribution in [0, 0.1) is 0 Å². The molecule has 3 aromatic rings. The normalized spacial score (nSPS) is 18.7. The Morgan fingerprint density at radius 3 is 2.12 bits per heavy atom. The Hall–Kier alpha value is -2.09. The Bertz CT molecular complexity index is 924. The second-order valence-electron chi connectivity index (χ2n) is 7.77.